The Bertz CT molecular complexity index is 703. The number of nitrogens with zero attached hydrogens (tertiary/aromatic N) is 1. The number of amides is 1. The minimum absolute atomic E-state index is 0.165. The van der Waals surface area contributed by atoms with Gasteiger partial charge in [-0.1, -0.05) is 60.2 Å². The van der Waals surface area contributed by atoms with Crippen molar-refractivity contribution in [2.75, 3.05) is 13.1 Å². The minimum Gasteiger partial charge on any atom is -0.353 e. The summed E-state index contributed by atoms with van der Waals surface area (Å²) in [6, 6.07) is 19.5. The lowest BCUT2D eigenvalue weighted by molar-refractivity contribution is -0.127. The molecule has 0 bridgehead atoms. The van der Waals surface area contributed by atoms with Crippen LogP contribution in [0.4, 0.5) is 0 Å². The van der Waals surface area contributed by atoms with Crippen LogP contribution in [0, 0.1) is 12.8 Å². The van der Waals surface area contributed by atoms with Crippen LogP contribution < -0.4 is 5.32 Å². The fourth-order valence-electron chi connectivity index (χ4n) is 3.77. The molecule has 0 spiro atoms. The van der Waals surface area contributed by atoms with Gasteiger partial charge in [0.2, 0.25) is 5.91 Å². The Balaban J connectivity index is 1.38. The molecule has 1 amide bonds. The number of carbonyl (C=O) groups is 1. The van der Waals surface area contributed by atoms with Crippen LogP contribution in [0.1, 0.15) is 42.9 Å². The van der Waals surface area contributed by atoms with E-state index in [1.54, 1.807) is 0 Å². The smallest absolute Gasteiger partial charge is 0.223 e. The van der Waals surface area contributed by atoms with Crippen LogP contribution in [-0.2, 0) is 17.8 Å². The van der Waals surface area contributed by atoms with E-state index in [1.807, 2.05) is 6.07 Å². The Kier molecular flexibility index (Phi) is 7.05. The quantitative estimate of drug-likeness (QED) is 0.792. The maximum atomic E-state index is 12.6. The third kappa shape index (κ3) is 6.21. The van der Waals surface area contributed by atoms with Gasteiger partial charge in [-0.3, -0.25) is 9.69 Å². The number of likely N-dealkylation sites (tertiary alicyclic amines) is 1. The summed E-state index contributed by atoms with van der Waals surface area (Å²) < 4.78 is 0. The Hall–Kier alpha value is -2.13. The molecule has 0 aliphatic carbocycles. The Morgan fingerprint density at radius 3 is 2.37 bits per heavy atom. The van der Waals surface area contributed by atoms with Crippen LogP contribution in [0.25, 0.3) is 0 Å². The molecule has 1 heterocycles. The van der Waals surface area contributed by atoms with Gasteiger partial charge in [0.15, 0.2) is 0 Å². The lowest BCUT2D eigenvalue weighted by atomic mass is 9.95. The van der Waals surface area contributed by atoms with Gasteiger partial charge in [0.05, 0.1) is 0 Å². The predicted octanol–water partition coefficient (Wildman–Crippen LogP) is 4.34. The zero-order valence-corrected chi connectivity index (χ0v) is 16.7. The van der Waals surface area contributed by atoms with Crippen LogP contribution >= 0.6 is 0 Å². The van der Waals surface area contributed by atoms with Crippen LogP contribution in [0.5, 0.6) is 0 Å². The number of hydrogen-bond acceptors (Lipinski definition) is 2. The third-order valence-corrected chi connectivity index (χ3v) is 5.58. The van der Waals surface area contributed by atoms with Crippen molar-refractivity contribution in [1.82, 2.24) is 10.2 Å². The molecule has 27 heavy (non-hydrogen) atoms. The maximum Gasteiger partial charge on any atom is 0.223 e. The molecule has 2 aromatic rings. The molecule has 144 valence electrons. The third-order valence-electron chi connectivity index (χ3n) is 5.58. The number of nitrogens with one attached hydrogen (secondary N) is 1. The molecular formula is C24H32N2O. The van der Waals surface area contributed by atoms with Gasteiger partial charge in [-0.2, -0.15) is 0 Å². The molecule has 1 aliphatic heterocycles. The number of aryl methyl sites for hydroxylation is 2. The standard InChI is InChI=1S/C24H32N2O/c1-19-8-11-22(12-9-19)18-26-16-14-23(15-17-26)24(27)25-20(2)10-13-21-6-4-3-5-7-21/h3-9,11-12,20,23H,10,13-18H2,1-2H3,(H,25,27)/t20-/m1/s1. The van der Waals surface area contributed by atoms with Crippen molar-refractivity contribution in [3.63, 3.8) is 0 Å². The summed E-state index contributed by atoms with van der Waals surface area (Å²) in [5, 5.41) is 3.23. The summed E-state index contributed by atoms with van der Waals surface area (Å²) in [5.74, 6) is 0.406. The lowest BCUT2D eigenvalue weighted by Crippen LogP contribution is -2.43. The second kappa shape index (κ2) is 9.70. The van der Waals surface area contributed by atoms with Gasteiger partial charge in [0.25, 0.3) is 0 Å². The molecule has 1 fully saturated rings. The van der Waals surface area contributed by atoms with E-state index in [0.717, 1.165) is 45.3 Å². The summed E-state index contributed by atoms with van der Waals surface area (Å²) >= 11 is 0. The number of rotatable bonds is 7. The zero-order chi connectivity index (χ0) is 19.1. The topological polar surface area (TPSA) is 32.3 Å². The first-order chi connectivity index (χ1) is 13.1. The second-order valence-corrected chi connectivity index (χ2v) is 7.97. The first-order valence-electron chi connectivity index (χ1n) is 10.2. The van der Waals surface area contributed by atoms with Gasteiger partial charge in [0, 0.05) is 18.5 Å². The highest BCUT2D eigenvalue weighted by Crippen LogP contribution is 2.20. The van der Waals surface area contributed by atoms with Crippen molar-refractivity contribution in [3.05, 3.63) is 71.3 Å². The summed E-state index contributed by atoms with van der Waals surface area (Å²) in [6.45, 7) is 7.24. The monoisotopic (exact) mass is 364 g/mol. The van der Waals surface area contributed by atoms with Gasteiger partial charge in [-0.05, 0) is 63.7 Å². The molecule has 1 saturated heterocycles. The summed E-state index contributed by atoms with van der Waals surface area (Å²) in [7, 11) is 0. The van der Waals surface area contributed by atoms with Crippen molar-refractivity contribution in [2.45, 2.75) is 52.1 Å². The van der Waals surface area contributed by atoms with Crippen molar-refractivity contribution >= 4 is 5.91 Å². The lowest BCUT2D eigenvalue weighted by Gasteiger charge is -2.32. The molecule has 2 aromatic carbocycles. The Labute approximate surface area is 163 Å². The predicted molar refractivity (Wildman–Crippen MR) is 112 cm³/mol. The van der Waals surface area contributed by atoms with E-state index < -0.39 is 0 Å². The van der Waals surface area contributed by atoms with Gasteiger partial charge < -0.3 is 5.32 Å². The van der Waals surface area contributed by atoms with E-state index in [1.165, 1.54) is 16.7 Å². The summed E-state index contributed by atoms with van der Waals surface area (Å²) in [6.07, 6.45) is 3.92. The first-order valence-corrected chi connectivity index (χ1v) is 10.2. The first kappa shape index (κ1) is 19.6. The van der Waals surface area contributed by atoms with E-state index in [-0.39, 0.29) is 17.9 Å². The second-order valence-electron chi connectivity index (χ2n) is 7.97. The van der Waals surface area contributed by atoms with Crippen molar-refractivity contribution < 1.29 is 4.79 Å². The van der Waals surface area contributed by atoms with Crippen LogP contribution in [0.15, 0.2) is 54.6 Å². The van der Waals surface area contributed by atoms with Crippen molar-refractivity contribution in [1.29, 1.82) is 0 Å². The zero-order valence-electron chi connectivity index (χ0n) is 16.7. The number of hydrogen-bond donors (Lipinski definition) is 1. The maximum absolute atomic E-state index is 12.6. The molecule has 3 rings (SSSR count). The molecule has 0 saturated carbocycles. The van der Waals surface area contributed by atoms with E-state index in [9.17, 15) is 4.79 Å². The molecule has 0 radical (unpaired) electrons. The van der Waals surface area contributed by atoms with Crippen molar-refractivity contribution in [2.24, 2.45) is 5.92 Å². The molecule has 3 nitrogen and oxygen atoms in total. The summed E-state index contributed by atoms with van der Waals surface area (Å²) in [5.41, 5.74) is 4.00. The molecule has 1 N–H and O–H groups in total. The molecule has 0 unspecified atom stereocenters. The number of benzene rings is 2. The molecular weight excluding hydrogens is 332 g/mol. The highest BCUT2D eigenvalue weighted by Gasteiger charge is 2.25. The van der Waals surface area contributed by atoms with E-state index >= 15 is 0 Å². The highest BCUT2D eigenvalue weighted by molar-refractivity contribution is 5.79. The van der Waals surface area contributed by atoms with Crippen LogP contribution in [-0.4, -0.2) is 29.9 Å². The van der Waals surface area contributed by atoms with E-state index in [4.69, 9.17) is 0 Å². The van der Waals surface area contributed by atoms with Crippen molar-refractivity contribution in [3.8, 4) is 0 Å². The highest BCUT2D eigenvalue weighted by atomic mass is 16.1. The molecule has 1 atom stereocenters. The van der Waals surface area contributed by atoms with Gasteiger partial charge in [0.1, 0.15) is 0 Å². The van der Waals surface area contributed by atoms with E-state index in [0.29, 0.717) is 0 Å². The SMILES string of the molecule is Cc1ccc(CN2CCC(C(=O)N[C@H](C)CCc3ccccc3)CC2)cc1. The number of piperidine rings is 1. The number of carbonyl (C=O) groups excluding carboxylic acids is 1. The summed E-state index contributed by atoms with van der Waals surface area (Å²) in [4.78, 5) is 15.1. The van der Waals surface area contributed by atoms with Gasteiger partial charge in [-0.15, -0.1) is 0 Å². The van der Waals surface area contributed by atoms with E-state index in [2.05, 4.69) is 72.6 Å². The molecule has 1 aliphatic rings. The van der Waals surface area contributed by atoms with Gasteiger partial charge >= 0.3 is 0 Å². The average Bonchev–Trinajstić information content (AvgIpc) is 2.69. The Morgan fingerprint density at radius 1 is 1.04 bits per heavy atom. The largest absolute Gasteiger partial charge is 0.353 e. The fourth-order valence-corrected chi connectivity index (χ4v) is 3.77. The minimum atomic E-state index is 0.165. The van der Waals surface area contributed by atoms with Crippen LogP contribution in [0.3, 0.4) is 0 Å². The molecule has 3 heteroatoms. The normalized spacial score (nSPS) is 16.8. The molecule has 0 aromatic heterocycles. The fraction of sp³-hybridized carbons (Fsp3) is 0.458. The Morgan fingerprint density at radius 2 is 1.70 bits per heavy atom. The average molecular weight is 365 g/mol. The van der Waals surface area contributed by atoms with Crippen LogP contribution in [0.2, 0.25) is 0 Å². The van der Waals surface area contributed by atoms with Gasteiger partial charge in [-0.25, -0.2) is 0 Å².